The second-order valence-corrected chi connectivity index (χ2v) is 7.92. The number of hydrogen-bond donors (Lipinski definition) is 2. The Bertz CT molecular complexity index is 1010. The van der Waals surface area contributed by atoms with Gasteiger partial charge in [0.15, 0.2) is 17.3 Å². The maximum Gasteiger partial charge on any atom is 0.336 e. The number of allylic oxidation sites excluding steroid dienone is 3. The first-order valence-electron chi connectivity index (χ1n) is 10.7. The average Bonchev–Trinajstić information content (AvgIpc) is 2.73. The fourth-order valence-electron chi connectivity index (χ4n) is 4.47. The zero-order valence-corrected chi connectivity index (χ0v) is 19.0. The van der Waals surface area contributed by atoms with Crippen molar-refractivity contribution in [3.05, 3.63) is 46.3 Å². The Morgan fingerprint density at radius 2 is 1.88 bits per heavy atom. The summed E-state index contributed by atoms with van der Waals surface area (Å²) >= 11 is 0. The lowest BCUT2D eigenvalue weighted by Gasteiger charge is -2.38. The van der Waals surface area contributed by atoms with Crippen molar-refractivity contribution in [2.75, 3.05) is 20.3 Å². The second-order valence-electron chi connectivity index (χ2n) is 7.92. The van der Waals surface area contributed by atoms with Gasteiger partial charge in [0.25, 0.3) is 0 Å². The van der Waals surface area contributed by atoms with Gasteiger partial charge in [-0.05, 0) is 50.8 Å². The van der Waals surface area contributed by atoms with Gasteiger partial charge in [-0.1, -0.05) is 13.0 Å². The molecule has 0 aromatic heterocycles. The van der Waals surface area contributed by atoms with E-state index in [1.165, 1.54) is 13.2 Å². The maximum atomic E-state index is 13.7. The predicted molar refractivity (Wildman–Crippen MR) is 116 cm³/mol. The first kappa shape index (κ1) is 23.4. The lowest BCUT2D eigenvalue weighted by Crippen LogP contribution is -2.43. The molecule has 0 spiro atoms. The fourth-order valence-corrected chi connectivity index (χ4v) is 4.47. The monoisotopic (exact) mass is 443 g/mol. The van der Waals surface area contributed by atoms with Crippen LogP contribution in [-0.4, -0.2) is 43.2 Å². The molecule has 0 saturated carbocycles. The molecule has 0 radical (unpaired) electrons. The van der Waals surface area contributed by atoms with Crippen LogP contribution in [0, 0.1) is 11.8 Å². The molecule has 8 heteroatoms. The normalized spacial score (nSPS) is 22.8. The quantitative estimate of drug-likeness (QED) is 0.510. The van der Waals surface area contributed by atoms with E-state index in [-0.39, 0.29) is 42.0 Å². The van der Waals surface area contributed by atoms with Gasteiger partial charge in [-0.15, -0.1) is 0 Å². The molecule has 3 unspecified atom stereocenters. The van der Waals surface area contributed by atoms with Crippen molar-refractivity contribution < 1.29 is 33.7 Å². The molecule has 8 nitrogen and oxygen atoms in total. The van der Waals surface area contributed by atoms with Crippen LogP contribution in [0.1, 0.15) is 45.6 Å². The van der Waals surface area contributed by atoms with E-state index < -0.39 is 23.8 Å². The van der Waals surface area contributed by atoms with Gasteiger partial charge in [0, 0.05) is 22.9 Å². The van der Waals surface area contributed by atoms with E-state index in [0.717, 1.165) is 0 Å². The molecule has 172 valence electrons. The molecular weight excluding hydrogens is 414 g/mol. The van der Waals surface area contributed by atoms with Gasteiger partial charge in [0.2, 0.25) is 0 Å². The number of ketones is 1. The van der Waals surface area contributed by atoms with E-state index in [1.54, 1.807) is 32.9 Å². The summed E-state index contributed by atoms with van der Waals surface area (Å²) in [5.41, 5.74) is 2.44. The minimum absolute atomic E-state index is 0.0641. The van der Waals surface area contributed by atoms with E-state index in [9.17, 15) is 19.5 Å². The number of Topliss-reactive ketones (excluding diaryl/α,β-unsaturated/α-hetero) is 1. The largest absolute Gasteiger partial charge is 0.504 e. The molecule has 1 aliphatic carbocycles. The third kappa shape index (κ3) is 4.09. The topological polar surface area (TPSA) is 111 Å². The molecule has 1 heterocycles. The molecule has 3 atom stereocenters. The lowest BCUT2D eigenvalue weighted by molar-refractivity contribution is -0.153. The van der Waals surface area contributed by atoms with Crippen LogP contribution in [0.3, 0.4) is 0 Å². The van der Waals surface area contributed by atoms with Crippen LogP contribution in [0.25, 0.3) is 0 Å². The lowest BCUT2D eigenvalue weighted by atomic mass is 9.69. The molecule has 1 aromatic carbocycles. The van der Waals surface area contributed by atoms with Crippen LogP contribution < -0.4 is 10.1 Å². The Labute approximate surface area is 187 Å². The Balaban J connectivity index is 2.20. The zero-order chi connectivity index (χ0) is 23.6. The Kier molecular flexibility index (Phi) is 6.91. The van der Waals surface area contributed by atoms with E-state index >= 15 is 0 Å². The van der Waals surface area contributed by atoms with Gasteiger partial charge in [-0.3, -0.25) is 9.59 Å². The van der Waals surface area contributed by atoms with Crippen molar-refractivity contribution >= 4 is 17.7 Å². The minimum Gasteiger partial charge on any atom is -0.504 e. The van der Waals surface area contributed by atoms with E-state index in [4.69, 9.17) is 14.2 Å². The number of phenolic OH excluding ortho intramolecular Hbond substituents is 1. The van der Waals surface area contributed by atoms with Gasteiger partial charge >= 0.3 is 11.9 Å². The number of hydrogen-bond acceptors (Lipinski definition) is 8. The minimum atomic E-state index is -0.959. The molecule has 0 saturated heterocycles. The molecule has 0 bridgehead atoms. The summed E-state index contributed by atoms with van der Waals surface area (Å²) in [7, 11) is 1.42. The first-order valence-corrected chi connectivity index (χ1v) is 10.7. The number of aromatic hydroxyl groups is 1. The summed E-state index contributed by atoms with van der Waals surface area (Å²) < 4.78 is 15.7. The Morgan fingerprint density at radius 1 is 1.19 bits per heavy atom. The van der Waals surface area contributed by atoms with Gasteiger partial charge in [-0.25, -0.2) is 4.79 Å². The summed E-state index contributed by atoms with van der Waals surface area (Å²) in [6, 6.07) is 4.68. The van der Waals surface area contributed by atoms with Crippen LogP contribution in [0.15, 0.2) is 40.7 Å². The number of benzene rings is 1. The summed E-state index contributed by atoms with van der Waals surface area (Å²) in [6.07, 6.45) is 0.448. The van der Waals surface area contributed by atoms with Crippen LogP contribution in [0.5, 0.6) is 11.5 Å². The van der Waals surface area contributed by atoms with Crippen LogP contribution in [0.2, 0.25) is 0 Å². The number of carbonyl (C=O) groups is 3. The van der Waals surface area contributed by atoms with Crippen molar-refractivity contribution in [2.45, 2.75) is 40.0 Å². The van der Waals surface area contributed by atoms with Crippen molar-refractivity contribution in [1.29, 1.82) is 0 Å². The third-order valence-electron chi connectivity index (χ3n) is 5.86. The summed E-state index contributed by atoms with van der Waals surface area (Å²) in [4.78, 5) is 39.2. The van der Waals surface area contributed by atoms with Crippen molar-refractivity contribution in [3.63, 3.8) is 0 Å². The number of esters is 2. The average molecular weight is 443 g/mol. The van der Waals surface area contributed by atoms with Crippen molar-refractivity contribution in [3.8, 4) is 11.5 Å². The molecule has 3 rings (SSSR count). The SMILES string of the molecule is CCOC(=O)C1=C(C)NC2=C(C(=O)C(C(=O)OCC)C(C)C2)C1c1ccc(O)c(OC)c1. The van der Waals surface area contributed by atoms with E-state index in [2.05, 4.69) is 5.32 Å². The fraction of sp³-hybridized carbons (Fsp3) is 0.458. The van der Waals surface area contributed by atoms with E-state index in [1.807, 2.05) is 6.92 Å². The number of dihydropyridines is 1. The Hall–Kier alpha value is -3.29. The molecular formula is C24H29NO7. The smallest absolute Gasteiger partial charge is 0.336 e. The molecule has 2 aliphatic rings. The standard InChI is InChI=1S/C24H29NO7/c1-6-31-23(28)18-12(3)10-15-21(22(18)27)20(14-8-9-16(26)17(11-14)30-5)19(13(4)25-15)24(29)32-7-2/h8-9,11-12,18,20,25-26H,6-7,10H2,1-5H3. The molecule has 1 aliphatic heterocycles. The highest BCUT2D eigenvalue weighted by Gasteiger charge is 2.47. The number of ether oxygens (including phenoxy) is 3. The maximum absolute atomic E-state index is 13.7. The van der Waals surface area contributed by atoms with Gasteiger partial charge in [-0.2, -0.15) is 0 Å². The highest BCUT2D eigenvalue weighted by molar-refractivity contribution is 6.12. The van der Waals surface area contributed by atoms with E-state index in [0.29, 0.717) is 29.0 Å². The van der Waals surface area contributed by atoms with Crippen molar-refractivity contribution in [1.82, 2.24) is 5.32 Å². The summed E-state index contributed by atoms with van der Waals surface area (Å²) in [5, 5.41) is 13.3. The van der Waals surface area contributed by atoms with Crippen LogP contribution in [0.4, 0.5) is 0 Å². The van der Waals surface area contributed by atoms with Crippen LogP contribution >= 0.6 is 0 Å². The Morgan fingerprint density at radius 3 is 2.50 bits per heavy atom. The second kappa shape index (κ2) is 9.46. The molecule has 32 heavy (non-hydrogen) atoms. The molecule has 1 aromatic rings. The summed E-state index contributed by atoms with van der Waals surface area (Å²) in [6.45, 7) is 7.34. The van der Waals surface area contributed by atoms with Gasteiger partial charge < -0.3 is 24.6 Å². The number of phenols is 1. The number of nitrogens with one attached hydrogen (secondary N) is 1. The number of rotatable bonds is 6. The zero-order valence-electron chi connectivity index (χ0n) is 19.0. The highest BCUT2D eigenvalue weighted by Crippen LogP contribution is 2.46. The highest BCUT2D eigenvalue weighted by atomic mass is 16.5. The molecule has 2 N–H and O–H groups in total. The first-order chi connectivity index (χ1) is 15.2. The third-order valence-corrected chi connectivity index (χ3v) is 5.86. The van der Waals surface area contributed by atoms with Crippen LogP contribution in [-0.2, 0) is 23.9 Å². The number of carbonyl (C=O) groups excluding carboxylic acids is 3. The number of methoxy groups -OCH3 is 1. The van der Waals surface area contributed by atoms with Gasteiger partial charge in [0.05, 0.1) is 25.9 Å². The van der Waals surface area contributed by atoms with Crippen molar-refractivity contribution in [2.24, 2.45) is 11.8 Å². The predicted octanol–water partition coefficient (Wildman–Crippen LogP) is 2.97. The van der Waals surface area contributed by atoms with Gasteiger partial charge in [0.1, 0.15) is 5.92 Å². The molecule has 0 fully saturated rings. The summed E-state index contributed by atoms with van der Waals surface area (Å²) in [5.74, 6) is -3.36. The molecule has 0 amide bonds.